The van der Waals surface area contributed by atoms with Crippen molar-refractivity contribution in [3.8, 4) is 0 Å². The molecule has 1 aliphatic heterocycles. The van der Waals surface area contributed by atoms with Crippen LogP contribution in [0.3, 0.4) is 0 Å². The summed E-state index contributed by atoms with van der Waals surface area (Å²) in [4.78, 5) is 126. The highest BCUT2D eigenvalue weighted by Crippen LogP contribution is 2.36. The van der Waals surface area contributed by atoms with Gasteiger partial charge in [0.15, 0.2) is 22.6 Å². The van der Waals surface area contributed by atoms with Crippen LogP contribution in [0.5, 0.6) is 0 Å². The number of aliphatic hydroxyl groups is 2. The number of aliphatic hydroxyl groups excluding tert-OH is 2. The molecule has 44 nitrogen and oxygen atoms in total. The molecule has 4 amide bonds. The first-order valence-corrected chi connectivity index (χ1v) is 49.2. The minimum absolute atomic E-state index is 0.0114. The number of amides is 4. The first kappa shape index (κ1) is 101. The third kappa shape index (κ3) is 22.1. The number of likely N-dealkylation sites (tertiary alicyclic amines) is 1. The summed E-state index contributed by atoms with van der Waals surface area (Å²) in [6, 6.07) is 20.8. The number of nitrogens with one attached hydrogen (secondary N) is 12. The van der Waals surface area contributed by atoms with Crippen molar-refractivity contribution in [2.45, 2.75) is 232 Å². The maximum atomic E-state index is 13.4. The lowest BCUT2D eigenvalue weighted by atomic mass is 9.89. The molecule has 0 unspecified atom stereocenters. The molecule has 1 saturated heterocycles. The lowest BCUT2D eigenvalue weighted by Gasteiger charge is -2.35. The van der Waals surface area contributed by atoms with Crippen LogP contribution in [0.15, 0.2) is 142 Å². The first-order chi connectivity index (χ1) is 69.5. The zero-order valence-corrected chi connectivity index (χ0v) is 81.8. The molecule has 7 aliphatic carbocycles. The summed E-state index contributed by atoms with van der Waals surface area (Å²) < 4.78 is 52.9. The molecule has 7 saturated carbocycles. The third-order valence-electron chi connectivity index (χ3n) is 28.9. The maximum Gasteiger partial charge on any atom is 0.274 e. The number of methoxy groups -OCH3 is 5. The van der Waals surface area contributed by atoms with Gasteiger partial charge in [-0.25, -0.2) is 24.3 Å². The van der Waals surface area contributed by atoms with Crippen molar-refractivity contribution in [3.63, 3.8) is 0 Å². The van der Waals surface area contributed by atoms with Crippen LogP contribution in [-0.4, -0.2) is 272 Å². The van der Waals surface area contributed by atoms with E-state index < -0.39 is 12.8 Å². The highest BCUT2D eigenvalue weighted by atomic mass is 19.1. The summed E-state index contributed by atoms with van der Waals surface area (Å²) in [7, 11) is 15.3. The molecule has 12 aromatic rings. The van der Waals surface area contributed by atoms with Gasteiger partial charge in [-0.1, -0.05) is 12.8 Å². The van der Waals surface area contributed by atoms with Crippen molar-refractivity contribution in [1.82, 2.24) is 103 Å². The fourth-order valence-electron chi connectivity index (χ4n) is 20.2. The minimum Gasteiger partial charge on any atom is -0.393 e. The van der Waals surface area contributed by atoms with E-state index in [9.17, 15) is 53.0 Å². The Morgan fingerprint density at radius 2 is 0.720 bits per heavy atom. The molecule has 8 aliphatic rings. The third-order valence-corrected chi connectivity index (χ3v) is 28.9. The lowest BCUT2D eigenvalue weighted by Crippen LogP contribution is -2.51. The number of pyridine rings is 4. The topological polar surface area (TPSA) is 511 Å². The Hall–Kier alpha value is -13.8. The van der Waals surface area contributed by atoms with Gasteiger partial charge in [0.25, 0.3) is 45.9 Å². The SMILES string of the molecule is CNc1cc(Nc2cccn(C3CCC(OC)CC3)c2=O)nc2c(C(=O)N[C@H]3CC[C@@H]3OC)cnn12.CNc1cc(Nc2cccn([C@H]3CCCC[C@H]3O)c2=O)nc2c(C(=O)N[C@@H]3CC[C@H]3OC)cnn12.CNc1cc(Nc2cccn([C@H]3CCCN(CCF)C3)c2=O)nc2c(C(=O)N[C@@H]3CC[C@H]3OC)cnn12.CNc1cc(Nc2cccn([C@H]3CCC[C@H](O)C3)c2=O)nc2c(C(=O)N[C@H]3CC[C@@H]3OC)cnn12. The molecular formula is C98H128FN29O15. The van der Waals surface area contributed by atoms with E-state index in [1.54, 1.807) is 173 Å². The largest absolute Gasteiger partial charge is 0.393 e. The summed E-state index contributed by atoms with van der Waals surface area (Å²) in [5.41, 5.74) is 3.68. The molecule has 45 heteroatoms. The predicted octanol–water partition coefficient (Wildman–Crippen LogP) is 9.02. The maximum absolute atomic E-state index is 13.4. The number of alkyl halides is 1. The van der Waals surface area contributed by atoms with Gasteiger partial charge < -0.3 is 116 Å². The summed E-state index contributed by atoms with van der Waals surface area (Å²) in [5, 5.41) is 74.7. The lowest BCUT2D eigenvalue weighted by molar-refractivity contribution is 0.00731. The highest BCUT2D eigenvalue weighted by Gasteiger charge is 2.39. The van der Waals surface area contributed by atoms with Crippen LogP contribution in [0, 0.1) is 0 Å². The van der Waals surface area contributed by atoms with Crippen molar-refractivity contribution in [1.29, 1.82) is 0 Å². The van der Waals surface area contributed by atoms with Crippen LogP contribution >= 0.6 is 0 Å². The van der Waals surface area contributed by atoms with Gasteiger partial charge in [-0.2, -0.15) is 38.5 Å². The number of fused-ring (bicyclic) bond motifs is 4. The van der Waals surface area contributed by atoms with E-state index >= 15 is 0 Å². The van der Waals surface area contributed by atoms with Crippen LogP contribution in [0.25, 0.3) is 22.6 Å². The number of carbonyl (C=O) groups excluding carboxylic acids is 4. The quantitative estimate of drug-likeness (QED) is 0.0192. The second-order valence-electron chi connectivity index (χ2n) is 37.4. The van der Waals surface area contributed by atoms with Gasteiger partial charge in [0, 0.05) is 144 Å². The molecule has 0 bridgehead atoms. The number of piperidine rings is 1. The van der Waals surface area contributed by atoms with Crippen LogP contribution in [0.1, 0.15) is 207 Å². The fraction of sp³-hybridized carbons (Fsp3) is 0.510. The number of anilines is 12. The molecule has 13 heterocycles. The zero-order valence-electron chi connectivity index (χ0n) is 81.8. The Bertz CT molecular complexity index is 6780. The second kappa shape index (κ2) is 45.6. The number of aromatic nitrogens is 16. The number of ether oxygens (including phenoxy) is 5. The van der Waals surface area contributed by atoms with E-state index in [1.165, 1.54) is 24.8 Å². The molecule has 12 aromatic heterocycles. The van der Waals surface area contributed by atoms with Gasteiger partial charge in [-0.05, 0) is 183 Å². The minimum atomic E-state index is -0.539. The van der Waals surface area contributed by atoms with Crippen LogP contribution in [0.2, 0.25) is 0 Å². The van der Waals surface area contributed by atoms with E-state index in [0.29, 0.717) is 140 Å². The Labute approximate surface area is 822 Å². The van der Waals surface area contributed by atoms with Gasteiger partial charge in [0.05, 0.1) is 97.7 Å². The van der Waals surface area contributed by atoms with Crippen LogP contribution in [-0.2, 0) is 23.7 Å². The number of rotatable bonds is 31. The van der Waals surface area contributed by atoms with Crippen molar-refractivity contribution < 1.29 is 57.5 Å². The van der Waals surface area contributed by atoms with E-state index in [2.05, 4.69) is 109 Å². The number of nitrogens with zero attached hydrogens (tertiary/aromatic N) is 17. The van der Waals surface area contributed by atoms with Crippen molar-refractivity contribution in [2.75, 3.05) is 133 Å². The number of carbonyl (C=O) groups is 4. The molecule has 0 aromatic carbocycles. The Balaban J connectivity index is 0.000000131. The second-order valence-corrected chi connectivity index (χ2v) is 37.4. The van der Waals surface area contributed by atoms with Crippen molar-refractivity contribution >= 4 is 116 Å². The smallest absolute Gasteiger partial charge is 0.274 e. The summed E-state index contributed by atoms with van der Waals surface area (Å²) in [5.74, 6) is 3.05. The highest BCUT2D eigenvalue weighted by molar-refractivity contribution is 6.03. The van der Waals surface area contributed by atoms with Gasteiger partial charge >= 0.3 is 0 Å². The molecule has 143 heavy (non-hydrogen) atoms. The Kier molecular flexibility index (Phi) is 32.1. The van der Waals surface area contributed by atoms with Crippen molar-refractivity contribution in [3.05, 3.63) is 186 Å². The van der Waals surface area contributed by atoms with E-state index in [0.717, 1.165) is 135 Å². The van der Waals surface area contributed by atoms with Gasteiger partial charge in [-0.15, -0.1) is 0 Å². The average molecular weight is 1970 g/mol. The van der Waals surface area contributed by atoms with Gasteiger partial charge in [0.1, 0.15) is 98.2 Å². The fourth-order valence-corrected chi connectivity index (χ4v) is 20.2. The standard InChI is InChI=1S/C25H33FN8O3.C25H33N7O4.2C24H31N7O4/c1-27-22-13-21(31-23-17(14-28-34(22)23)24(35)30-18-7-8-20(18)37-2)29-19-6-4-11-33(25(19)36)16-5-3-10-32(15-16)12-9-26;1-26-22-13-21(28-19-5-4-12-31(25(19)34)15-6-8-16(35-2)9-7-15)30-23-17(14-27-32(22)23)24(33)29-18-10-11-20(18)36-3;1-25-21-12-20(27-18-7-4-10-30(24(18)34)14-5-3-6-15(32)11-14)29-22-16(13-26-31(21)22)23(33)28-17-8-9-19(17)35-2;1-25-21-12-20(27-16-6-5-11-30(24(16)34)17-7-3-4-8-18(17)32)29-22-14(13-26-31(21)22)23(33)28-15-9-10-19(15)35-2/h4,6,11,13-14,16,18,20,27H,3,5,7-10,12,15H2,1-2H3,(H,29,31)(H,30,35);4-5,12-16,18,20,26H,6-11H2,1-3H3,(H,28,30)(H,29,33);4,7,10,12-15,17,19,25,32H,3,5-6,8-9,11H2,1-2H3,(H,27,29)(H,28,33);5-6,11-13,15,17-19,25,32H,3-4,7-10H2,1-2H3,(H,27,29)(H,28,33)/t16-,18+,20+;15?,16?,18-,20-;14-,15-,17-,19-;15-,17+,18-,19-/m0001/s1. The molecule has 8 fully saturated rings. The molecule has 14 N–H and O–H groups in total. The van der Waals surface area contributed by atoms with Crippen LogP contribution in [0.4, 0.5) is 73.7 Å². The molecular weight excluding hydrogens is 1840 g/mol. The monoisotopic (exact) mass is 1970 g/mol. The normalized spacial score (nSPS) is 23.5. The predicted molar refractivity (Wildman–Crippen MR) is 537 cm³/mol. The molecule has 13 atom stereocenters. The van der Waals surface area contributed by atoms with Gasteiger partial charge in [0.2, 0.25) is 0 Å². The molecule has 20 rings (SSSR count). The number of halogens is 1. The molecule has 0 radical (unpaired) electrons. The number of hydrogen-bond acceptors (Lipinski definition) is 32. The van der Waals surface area contributed by atoms with E-state index in [4.69, 9.17) is 23.7 Å². The molecule has 0 spiro atoms. The van der Waals surface area contributed by atoms with Crippen LogP contribution < -0.4 is 86.0 Å². The summed E-state index contributed by atoms with van der Waals surface area (Å²) in [6.45, 7) is 1.47. The van der Waals surface area contributed by atoms with E-state index in [1.807, 2.05) is 24.4 Å². The van der Waals surface area contributed by atoms with Gasteiger partial charge in [-0.3, -0.25) is 43.3 Å². The summed E-state index contributed by atoms with van der Waals surface area (Å²) in [6.07, 6.45) is 31.5. The molecule has 762 valence electrons. The average Bonchev–Trinajstić information content (AvgIpc) is 1.69. The Morgan fingerprint density at radius 1 is 0.385 bits per heavy atom. The van der Waals surface area contributed by atoms with E-state index in [-0.39, 0.29) is 131 Å². The first-order valence-electron chi connectivity index (χ1n) is 49.2. The summed E-state index contributed by atoms with van der Waals surface area (Å²) >= 11 is 0. The van der Waals surface area contributed by atoms with Crippen molar-refractivity contribution in [2.24, 2.45) is 0 Å². The Morgan fingerprint density at radius 3 is 1.04 bits per heavy atom. The zero-order chi connectivity index (χ0) is 100. The number of hydrogen-bond donors (Lipinski definition) is 14.